The number of Topliss-reactive ketones (excluding diaryl/α,β-unsaturated/α-hetero) is 1. The number of halogens is 2. The number of benzene rings is 2. The summed E-state index contributed by atoms with van der Waals surface area (Å²) in [6.07, 6.45) is 1.09. The third-order valence-electron chi connectivity index (χ3n) is 4.94. The van der Waals surface area contributed by atoms with Gasteiger partial charge >= 0.3 is 0 Å². The summed E-state index contributed by atoms with van der Waals surface area (Å²) in [5, 5.41) is 2.37. The van der Waals surface area contributed by atoms with Crippen LogP contribution in [0, 0.1) is 11.6 Å². The zero-order valence-electron chi connectivity index (χ0n) is 15.0. The largest absolute Gasteiger partial charge is 0.489 e. The van der Waals surface area contributed by atoms with E-state index >= 15 is 0 Å². The maximum absolute atomic E-state index is 13.8. The molecule has 0 bridgehead atoms. The van der Waals surface area contributed by atoms with Gasteiger partial charge in [0.15, 0.2) is 11.6 Å². The predicted molar refractivity (Wildman–Crippen MR) is 98.2 cm³/mol. The van der Waals surface area contributed by atoms with Crippen molar-refractivity contribution in [1.82, 2.24) is 4.31 Å². The Labute approximate surface area is 165 Å². The van der Waals surface area contributed by atoms with Gasteiger partial charge < -0.3 is 10.1 Å². The number of ether oxygens (including phenoxy) is 1. The smallest absolute Gasteiger partial charge is 0.296 e. The maximum Gasteiger partial charge on any atom is 0.296 e. The van der Waals surface area contributed by atoms with Crippen molar-refractivity contribution in [3.63, 3.8) is 0 Å². The van der Waals surface area contributed by atoms with Gasteiger partial charge in [0.2, 0.25) is 10.0 Å². The molecule has 1 N–H and O–H groups in total. The standard InChI is InChI=1S/C19H16F2N2O5S/c20-11-3-6-17(15(21)8-11)28-10-12-2-1-7-23(12)29(26,27)13-4-5-16-14(9-13)18(24)19(25)22-16/h3-6,8-9,12H,1-2,7,10H2,(H,22,24,25)/t12-/m0/s1. The second kappa shape index (κ2) is 7.20. The Bertz CT molecular complexity index is 1120. The number of amides is 1. The van der Waals surface area contributed by atoms with Gasteiger partial charge in [-0.05, 0) is 43.2 Å². The quantitative estimate of drug-likeness (QED) is 0.747. The number of ketones is 1. The molecule has 2 aromatic carbocycles. The molecule has 1 atom stereocenters. The van der Waals surface area contributed by atoms with Gasteiger partial charge in [-0.2, -0.15) is 4.31 Å². The second-order valence-corrected chi connectivity index (χ2v) is 8.68. The Morgan fingerprint density at radius 2 is 1.93 bits per heavy atom. The van der Waals surface area contributed by atoms with E-state index in [0.717, 1.165) is 12.1 Å². The summed E-state index contributed by atoms with van der Waals surface area (Å²) >= 11 is 0. The van der Waals surface area contributed by atoms with Gasteiger partial charge in [0.05, 0.1) is 22.2 Å². The first-order chi connectivity index (χ1) is 13.8. The number of sulfonamides is 1. The summed E-state index contributed by atoms with van der Waals surface area (Å²) in [5.41, 5.74) is 0.281. The van der Waals surface area contributed by atoms with Crippen molar-refractivity contribution in [3.8, 4) is 5.75 Å². The number of rotatable bonds is 5. The number of hydrogen-bond acceptors (Lipinski definition) is 5. The van der Waals surface area contributed by atoms with Crippen LogP contribution in [-0.2, 0) is 14.8 Å². The van der Waals surface area contributed by atoms with Crippen LogP contribution in [0.4, 0.5) is 14.5 Å². The molecular weight excluding hydrogens is 406 g/mol. The third-order valence-corrected chi connectivity index (χ3v) is 6.89. The highest BCUT2D eigenvalue weighted by Crippen LogP contribution is 2.31. The van der Waals surface area contributed by atoms with Crippen molar-refractivity contribution in [3.05, 3.63) is 53.6 Å². The molecule has 29 heavy (non-hydrogen) atoms. The summed E-state index contributed by atoms with van der Waals surface area (Å²) < 4.78 is 59.6. The van der Waals surface area contributed by atoms with Gasteiger partial charge in [-0.25, -0.2) is 17.2 Å². The third kappa shape index (κ3) is 3.49. The molecule has 0 unspecified atom stereocenters. The lowest BCUT2D eigenvalue weighted by molar-refractivity contribution is -0.112. The highest BCUT2D eigenvalue weighted by atomic mass is 32.2. The molecule has 10 heteroatoms. The summed E-state index contributed by atoms with van der Waals surface area (Å²) in [4.78, 5) is 23.2. The molecule has 2 aromatic rings. The van der Waals surface area contributed by atoms with Crippen LogP contribution in [0.25, 0.3) is 0 Å². The molecule has 7 nitrogen and oxygen atoms in total. The SMILES string of the molecule is O=C1Nc2ccc(S(=O)(=O)N3CCC[C@H]3COc3ccc(F)cc3F)cc2C1=O. The van der Waals surface area contributed by atoms with Gasteiger partial charge in [0.1, 0.15) is 12.4 Å². The monoisotopic (exact) mass is 422 g/mol. The van der Waals surface area contributed by atoms with E-state index in [2.05, 4.69) is 5.32 Å². The Morgan fingerprint density at radius 1 is 1.14 bits per heavy atom. The molecule has 1 fully saturated rings. The van der Waals surface area contributed by atoms with Gasteiger partial charge in [0, 0.05) is 12.6 Å². The van der Waals surface area contributed by atoms with Crippen molar-refractivity contribution in [1.29, 1.82) is 0 Å². The highest BCUT2D eigenvalue weighted by Gasteiger charge is 2.37. The Kier molecular flexibility index (Phi) is 4.83. The zero-order chi connectivity index (χ0) is 20.8. The van der Waals surface area contributed by atoms with Crippen LogP contribution >= 0.6 is 0 Å². The minimum absolute atomic E-state index is 0.0106. The van der Waals surface area contributed by atoms with Crippen LogP contribution in [0.5, 0.6) is 5.75 Å². The normalized spacial score (nSPS) is 19.3. The highest BCUT2D eigenvalue weighted by molar-refractivity contribution is 7.89. The maximum atomic E-state index is 13.8. The van der Waals surface area contributed by atoms with Crippen LogP contribution in [-0.4, -0.2) is 43.6 Å². The molecular formula is C19H16F2N2O5S. The van der Waals surface area contributed by atoms with Crippen LogP contribution in [0.15, 0.2) is 41.3 Å². The molecule has 0 saturated carbocycles. The first-order valence-corrected chi connectivity index (χ1v) is 10.3. The van der Waals surface area contributed by atoms with Crippen molar-refractivity contribution in [2.45, 2.75) is 23.8 Å². The average molecular weight is 422 g/mol. The number of fused-ring (bicyclic) bond motifs is 1. The molecule has 152 valence electrons. The molecule has 0 aromatic heterocycles. The lowest BCUT2D eigenvalue weighted by Crippen LogP contribution is -2.39. The van der Waals surface area contributed by atoms with Gasteiger partial charge in [-0.3, -0.25) is 9.59 Å². The minimum atomic E-state index is -3.96. The number of nitrogens with zero attached hydrogens (tertiary/aromatic N) is 1. The van der Waals surface area contributed by atoms with Crippen molar-refractivity contribution < 1.29 is 31.5 Å². The lowest BCUT2D eigenvalue weighted by atomic mass is 10.1. The van der Waals surface area contributed by atoms with Crippen LogP contribution in [0.1, 0.15) is 23.2 Å². The molecule has 2 aliphatic heterocycles. The van der Waals surface area contributed by atoms with E-state index in [-0.39, 0.29) is 35.0 Å². The Morgan fingerprint density at radius 3 is 2.69 bits per heavy atom. The van der Waals surface area contributed by atoms with Crippen LogP contribution in [0.2, 0.25) is 0 Å². The van der Waals surface area contributed by atoms with Crippen molar-refractivity contribution in [2.75, 3.05) is 18.5 Å². The predicted octanol–water partition coefficient (Wildman–Crippen LogP) is 2.33. The molecule has 1 saturated heterocycles. The minimum Gasteiger partial charge on any atom is -0.489 e. The topological polar surface area (TPSA) is 92.8 Å². The Balaban J connectivity index is 1.55. The first-order valence-electron chi connectivity index (χ1n) is 8.87. The Hall–Kier alpha value is -2.85. The van der Waals surface area contributed by atoms with E-state index in [0.29, 0.717) is 18.9 Å². The molecule has 4 rings (SSSR count). The molecule has 0 radical (unpaired) electrons. The fourth-order valence-electron chi connectivity index (χ4n) is 3.49. The average Bonchev–Trinajstić information content (AvgIpc) is 3.26. The molecule has 0 aliphatic carbocycles. The van der Waals surface area contributed by atoms with Gasteiger partial charge in [0.25, 0.3) is 11.7 Å². The summed E-state index contributed by atoms with van der Waals surface area (Å²) in [5.74, 6) is -3.36. The van der Waals surface area contributed by atoms with Gasteiger partial charge in [-0.15, -0.1) is 0 Å². The van der Waals surface area contributed by atoms with Crippen LogP contribution < -0.4 is 10.1 Å². The number of hydrogen-bond donors (Lipinski definition) is 1. The van der Waals surface area contributed by atoms with Crippen molar-refractivity contribution >= 4 is 27.4 Å². The van der Waals surface area contributed by atoms with E-state index < -0.39 is 39.4 Å². The van der Waals surface area contributed by atoms with Crippen LogP contribution in [0.3, 0.4) is 0 Å². The number of carbonyl (C=O) groups is 2. The van der Waals surface area contributed by atoms with E-state index in [4.69, 9.17) is 4.74 Å². The van der Waals surface area contributed by atoms with E-state index in [1.165, 1.54) is 22.5 Å². The second-order valence-electron chi connectivity index (χ2n) is 6.79. The lowest BCUT2D eigenvalue weighted by Gasteiger charge is -2.24. The van der Waals surface area contributed by atoms with E-state index in [1.807, 2.05) is 0 Å². The van der Waals surface area contributed by atoms with Crippen molar-refractivity contribution in [2.24, 2.45) is 0 Å². The number of anilines is 1. The van der Waals surface area contributed by atoms with E-state index in [1.54, 1.807) is 0 Å². The molecule has 2 heterocycles. The fraction of sp³-hybridized carbons (Fsp3) is 0.263. The number of carbonyl (C=O) groups excluding carboxylic acids is 2. The van der Waals surface area contributed by atoms with E-state index in [9.17, 15) is 26.8 Å². The van der Waals surface area contributed by atoms with Gasteiger partial charge in [-0.1, -0.05) is 0 Å². The summed E-state index contributed by atoms with van der Waals surface area (Å²) in [6.45, 7) is 0.135. The number of nitrogens with one attached hydrogen (secondary N) is 1. The molecule has 0 spiro atoms. The molecule has 1 amide bonds. The summed E-state index contributed by atoms with van der Waals surface area (Å²) in [7, 11) is -3.96. The summed E-state index contributed by atoms with van der Waals surface area (Å²) in [6, 6.07) is 6.22. The fourth-order valence-corrected chi connectivity index (χ4v) is 5.19. The first kappa shape index (κ1) is 19.5. The molecule has 2 aliphatic rings. The zero-order valence-corrected chi connectivity index (χ0v) is 15.8.